The summed E-state index contributed by atoms with van der Waals surface area (Å²) in [5.41, 5.74) is 6.55. The molecule has 0 atom stereocenters. The third-order valence-electron chi connectivity index (χ3n) is 3.10. The topological polar surface area (TPSA) is 60.2 Å². The van der Waals surface area contributed by atoms with Crippen LogP contribution in [0.3, 0.4) is 0 Å². The number of sulfone groups is 1. The Morgan fingerprint density at radius 1 is 1.33 bits per heavy atom. The normalized spacial score (nSPS) is 18.8. The van der Waals surface area contributed by atoms with Crippen LogP contribution in [0.15, 0.2) is 29.2 Å². The summed E-state index contributed by atoms with van der Waals surface area (Å²) in [4.78, 5) is 0.438. The van der Waals surface area contributed by atoms with Crippen molar-refractivity contribution in [3.8, 4) is 0 Å². The molecule has 0 saturated heterocycles. The van der Waals surface area contributed by atoms with Crippen molar-refractivity contribution in [3.63, 3.8) is 0 Å². The summed E-state index contributed by atoms with van der Waals surface area (Å²) in [7, 11) is -3.14. The van der Waals surface area contributed by atoms with E-state index < -0.39 is 9.84 Å². The fourth-order valence-electron chi connectivity index (χ4n) is 1.96. The highest BCUT2D eigenvalue weighted by Crippen LogP contribution is 2.49. The van der Waals surface area contributed by atoms with Gasteiger partial charge in [-0.25, -0.2) is 8.42 Å². The van der Waals surface area contributed by atoms with Crippen LogP contribution in [0.5, 0.6) is 0 Å². The predicted octanol–water partition coefficient (Wildman–Crippen LogP) is 1.08. The highest BCUT2D eigenvalue weighted by molar-refractivity contribution is 7.90. The third-order valence-corrected chi connectivity index (χ3v) is 4.26. The maximum atomic E-state index is 11.6. The predicted molar refractivity (Wildman–Crippen MR) is 59.5 cm³/mol. The summed E-state index contributed by atoms with van der Waals surface area (Å²) in [5, 5.41) is 0. The van der Waals surface area contributed by atoms with Crippen LogP contribution in [0.25, 0.3) is 0 Å². The van der Waals surface area contributed by atoms with Crippen LogP contribution in [0.1, 0.15) is 18.4 Å². The lowest BCUT2D eigenvalue weighted by atomic mass is 9.96. The molecule has 0 amide bonds. The molecule has 1 aliphatic carbocycles. The number of rotatable bonds is 3. The van der Waals surface area contributed by atoms with E-state index in [2.05, 4.69) is 0 Å². The Labute approximate surface area is 90.2 Å². The molecule has 0 bridgehead atoms. The van der Waals surface area contributed by atoms with Gasteiger partial charge in [0.2, 0.25) is 0 Å². The Kier molecular flexibility index (Phi) is 2.35. The Hall–Kier alpha value is -0.870. The second kappa shape index (κ2) is 3.32. The second-order valence-corrected chi connectivity index (χ2v) is 6.24. The third kappa shape index (κ3) is 1.79. The average molecular weight is 225 g/mol. The second-order valence-electron chi connectivity index (χ2n) is 4.25. The minimum atomic E-state index is -3.14. The van der Waals surface area contributed by atoms with Gasteiger partial charge in [0, 0.05) is 18.2 Å². The monoisotopic (exact) mass is 225 g/mol. The molecule has 15 heavy (non-hydrogen) atoms. The quantitative estimate of drug-likeness (QED) is 0.837. The molecule has 1 aromatic rings. The largest absolute Gasteiger partial charge is 0.330 e. The molecule has 0 aromatic heterocycles. The molecule has 0 heterocycles. The van der Waals surface area contributed by atoms with E-state index in [4.69, 9.17) is 5.73 Å². The minimum Gasteiger partial charge on any atom is -0.330 e. The molecule has 0 radical (unpaired) electrons. The van der Waals surface area contributed by atoms with Gasteiger partial charge in [0.1, 0.15) is 0 Å². The first-order valence-electron chi connectivity index (χ1n) is 4.99. The molecule has 0 spiro atoms. The first-order chi connectivity index (χ1) is 6.99. The van der Waals surface area contributed by atoms with E-state index >= 15 is 0 Å². The van der Waals surface area contributed by atoms with Crippen molar-refractivity contribution in [3.05, 3.63) is 29.8 Å². The smallest absolute Gasteiger partial charge is 0.175 e. The van der Waals surface area contributed by atoms with Gasteiger partial charge in [-0.1, -0.05) is 18.2 Å². The van der Waals surface area contributed by atoms with E-state index in [1.165, 1.54) is 6.26 Å². The van der Waals surface area contributed by atoms with Crippen LogP contribution in [0.4, 0.5) is 0 Å². The zero-order chi connectivity index (χ0) is 11.1. The van der Waals surface area contributed by atoms with E-state index in [0.29, 0.717) is 11.4 Å². The molecule has 2 rings (SSSR count). The summed E-state index contributed by atoms with van der Waals surface area (Å²) in [6, 6.07) is 7.18. The van der Waals surface area contributed by atoms with Crippen molar-refractivity contribution in [1.29, 1.82) is 0 Å². The zero-order valence-electron chi connectivity index (χ0n) is 8.73. The van der Waals surface area contributed by atoms with Crippen molar-refractivity contribution < 1.29 is 8.42 Å². The lowest BCUT2D eigenvalue weighted by molar-refractivity contribution is 0.596. The molecular formula is C11H15NO2S. The van der Waals surface area contributed by atoms with Crippen molar-refractivity contribution in [2.45, 2.75) is 23.2 Å². The number of benzene rings is 1. The molecule has 1 saturated carbocycles. The van der Waals surface area contributed by atoms with E-state index in [-0.39, 0.29) is 5.41 Å². The fraction of sp³-hybridized carbons (Fsp3) is 0.455. The van der Waals surface area contributed by atoms with Crippen LogP contribution in [-0.2, 0) is 15.3 Å². The molecule has 3 nitrogen and oxygen atoms in total. The molecule has 4 heteroatoms. The zero-order valence-corrected chi connectivity index (χ0v) is 9.55. The molecule has 0 unspecified atom stereocenters. The summed E-state index contributed by atoms with van der Waals surface area (Å²) >= 11 is 0. The molecule has 0 aliphatic heterocycles. The lowest BCUT2D eigenvalue weighted by Gasteiger charge is -2.16. The van der Waals surface area contributed by atoms with Crippen LogP contribution >= 0.6 is 0 Å². The fourth-order valence-corrected chi connectivity index (χ4v) is 2.97. The van der Waals surface area contributed by atoms with Gasteiger partial charge < -0.3 is 5.73 Å². The SMILES string of the molecule is CS(=O)(=O)c1ccccc1C1(CN)CC1. The molecule has 1 aromatic carbocycles. The first-order valence-corrected chi connectivity index (χ1v) is 6.88. The van der Waals surface area contributed by atoms with Gasteiger partial charge in [-0.2, -0.15) is 0 Å². The van der Waals surface area contributed by atoms with E-state index in [1.807, 2.05) is 12.1 Å². The Morgan fingerprint density at radius 3 is 2.40 bits per heavy atom. The molecule has 2 N–H and O–H groups in total. The van der Waals surface area contributed by atoms with Gasteiger partial charge in [0.05, 0.1) is 4.90 Å². The van der Waals surface area contributed by atoms with Gasteiger partial charge in [-0.3, -0.25) is 0 Å². The highest BCUT2D eigenvalue weighted by atomic mass is 32.2. The van der Waals surface area contributed by atoms with Gasteiger partial charge in [-0.15, -0.1) is 0 Å². The average Bonchev–Trinajstić information content (AvgIpc) is 2.97. The van der Waals surface area contributed by atoms with Crippen molar-refractivity contribution in [1.82, 2.24) is 0 Å². The number of hydrogen-bond acceptors (Lipinski definition) is 3. The Morgan fingerprint density at radius 2 is 1.93 bits per heavy atom. The summed E-state index contributed by atoms with van der Waals surface area (Å²) in [6.45, 7) is 0.527. The maximum Gasteiger partial charge on any atom is 0.175 e. The number of hydrogen-bond donors (Lipinski definition) is 1. The van der Waals surface area contributed by atoms with Crippen LogP contribution in [0.2, 0.25) is 0 Å². The van der Waals surface area contributed by atoms with E-state index in [9.17, 15) is 8.42 Å². The molecule has 1 fully saturated rings. The Bertz CT molecular complexity index is 475. The summed E-state index contributed by atoms with van der Waals surface area (Å²) < 4.78 is 23.2. The van der Waals surface area contributed by atoms with E-state index in [1.54, 1.807) is 12.1 Å². The van der Waals surface area contributed by atoms with Crippen molar-refractivity contribution in [2.24, 2.45) is 5.73 Å². The van der Waals surface area contributed by atoms with Crippen molar-refractivity contribution in [2.75, 3.05) is 12.8 Å². The van der Waals surface area contributed by atoms with E-state index in [0.717, 1.165) is 18.4 Å². The standard InChI is InChI=1S/C11H15NO2S/c1-15(13,14)10-5-3-2-4-9(10)11(8-12)6-7-11/h2-5H,6-8,12H2,1H3. The van der Waals surface area contributed by atoms with Crippen LogP contribution < -0.4 is 5.73 Å². The first kappa shape index (κ1) is 10.6. The van der Waals surface area contributed by atoms with Crippen molar-refractivity contribution >= 4 is 9.84 Å². The number of nitrogens with two attached hydrogens (primary N) is 1. The van der Waals surface area contributed by atoms with Gasteiger partial charge >= 0.3 is 0 Å². The summed E-state index contributed by atoms with van der Waals surface area (Å²) in [6.07, 6.45) is 3.24. The maximum absolute atomic E-state index is 11.6. The minimum absolute atomic E-state index is 0.0698. The van der Waals surface area contributed by atoms with Crippen LogP contribution in [0, 0.1) is 0 Å². The lowest BCUT2D eigenvalue weighted by Crippen LogP contribution is -2.22. The summed E-state index contributed by atoms with van der Waals surface area (Å²) in [5.74, 6) is 0. The molecule has 82 valence electrons. The van der Waals surface area contributed by atoms with Crippen LogP contribution in [-0.4, -0.2) is 21.2 Å². The van der Waals surface area contributed by atoms with Gasteiger partial charge in [-0.05, 0) is 24.5 Å². The van der Waals surface area contributed by atoms with Gasteiger partial charge in [0.25, 0.3) is 0 Å². The molecule has 1 aliphatic rings. The Balaban J connectivity index is 2.58. The molecular weight excluding hydrogens is 210 g/mol. The highest BCUT2D eigenvalue weighted by Gasteiger charge is 2.45. The van der Waals surface area contributed by atoms with Gasteiger partial charge in [0.15, 0.2) is 9.84 Å².